The maximum absolute atomic E-state index is 8.87. The number of rotatable bonds is 8. The van der Waals surface area contributed by atoms with Gasteiger partial charge in [0, 0.05) is 0 Å². The van der Waals surface area contributed by atoms with Crippen LogP contribution in [0.1, 0.15) is 75.3 Å². The van der Waals surface area contributed by atoms with Gasteiger partial charge in [0.2, 0.25) is 0 Å². The van der Waals surface area contributed by atoms with Crippen LogP contribution in [0.15, 0.2) is 36.6 Å². The van der Waals surface area contributed by atoms with Crippen molar-refractivity contribution in [2.24, 2.45) is 5.92 Å². The lowest BCUT2D eigenvalue weighted by Crippen LogP contribution is -2.14. The fourth-order valence-electron chi connectivity index (χ4n) is 3.38. The molecule has 2 heteroatoms. The fourth-order valence-corrected chi connectivity index (χ4v) is 3.38. The van der Waals surface area contributed by atoms with Crippen molar-refractivity contribution in [2.75, 3.05) is 6.61 Å². The maximum Gasteiger partial charge on any atom is 0.0991 e. The Morgan fingerprint density at radius 3 is 2.57 bits per heavy atom. The molecule has 23 heavy (non-hydrogen) atoms. The van der Waals surface area contributed by atoms with E-state index in [0.717, 1.165) is 24.5 Å². The number of hydrogen-bond acceptors (Lipinski definition) is 2. The number of benzene rings is 1. The summed E-state index contributed by atoms with van der Waals surface area (Å²) in [5.74, 6) is 1.49. The van der Waals surface area contributed by atoms with Crippen LogP contribution in [0.25, 0.3) is 0 Å². The molecule has 0 amide bonds. The summed E-state index contributed by atoms with van der Waals surface area (Å²) >= 11 is 0. The number of nitriles is 1. The van der Waals surface area contributed by atoms with E-state index in [9.17, 15) is 0 Å². The monoisotopic (exact) mass is 311 g/mol. The van der Waals surface area contributed by atoms with E-state index in [0.29, 0.717) is 5.92 Å². The average molecular weight is 311 g/mol. The lowest BCUT2D eigenvalue weighted by molar-refractivity contribution is 0.197. The van der Waals surface area contributed by atoms with Crippen LogP contribution in [0, 0.1) is 17.2 Å². The first-order chi connectivity index (χ1) is 11.3. The molecule has 1 aliphatic carbocycles. The Kier molecular flexibility index (Phi) is 7.73. The summed E-state index contributed by atoms with van der Waals surface area (Å²) in [4.78, 5) is 0. The summed E-state index contributed by atoms with van der Waals surface area (Å²) in [5, 5.41) is 8.87. The predicted molar refractivity (Wildman–Crippen MR) is 95.1 cm³/mol. The molecule has 0 radical (unpaired) electrons. The van der Waals surface area contributed by atoms with Crippen LogP contribution in [-0.2, 0) is 4.74 Å². The molecule has 0 heterocycles. The van der Waals surface area contributed by atoms with Crippen LogP contribution in [0.5, 0.6) is 0 Å². The van der Waals surface area contributed by atoms with Crippen molar-refractivity contribution >= 4 is 0 Å². The molecule has 0 saturated heterocycles. The van der Waals surface area contributed by atoms with Gasteiger partial charge in [-0.1, -0.05) is 25.5 Å². The topological polar surface area (TPSA) is 33.0 Å². The van der Waals surface area contributed by atoms with Gasteiger partial charge < -0.3 is 4.74 Å². The van der Waals surface area contributed by atoms with E-state index in [4.69, 9.17) is 10.00 Å². The molecule has 0 spiro atoms. The van der Waals surface area contributed by atoms with Crippen LogP contribution in [-0.4, -0.2) is 6.61 Å². The second-order valence-electron chi connectivity index (χ2n) is 6.62. The molecule has 1 fully saturated rings. The van der Waals surface area contributed by atoms with E-state index < -0.39 is 0 Å². The van der Waals surface area contributed by atoms with Gasteiger partial charge in [-0.25, -0.2) is 0 Å². The smallest absolute Gasteiger partial charge is 0.0991 e. The van der Waals surface area contributed by atoms with Crippen molar-refractivity contribution in [3.05, 3.63) is 47.7 Å². The molecule has 1 aromatic carbocycles. The Bertz CT molecular complexity index is 504. The van der Waals surface area contributed by atoms with Crippen molar-refractivity contribution in [3.63, 3.8) is 0 Å². The molecule has 1 saturated carbocycles. The first kappa shape index (κ1) is 17.6. The van der Waals surface area contributed by atoms with Crippen molar-refractivity contribution < 1.29 is 4.74 Å². The lowest BCUT2D eigenvalue weighted by atomic mass is 9.77. The number of hydrogen-bond donors (Lipinski definition) is 0. The molecule has 0 aromatic heterocycles. The SMILES string of the molecule is CCCCC=COCCC1CCC(c2ccc(C#N)cc2)CC1. The summed E-state index contributed by atoms with van der Waals surface area (Å²) in [6.07, 6.45) is 14.0. The molecule has 2 nitrogen and oxygen atoms in total. The Balaban J connectivity index is 1.64. The highest BCUT2D eigenvalue weighted by Crippen LogP contribution is 2.37. The van der Waals surface area contributed by atoms with Crippen LogP contribution in [0.3, 0.4) is 0 Å². The molecular formula is C21H29NO. The molecule has 1 aliphatic rings. The third-order valence-electron chi connectivity index (χ3n) is 4.92. The molecule has 2 rings (SSSR count). The molecule has 0 aliphatic heterocycles. The summed E-state index contributed by atoms with van der Waals surface area (Å²) < 4.78 is 5.61. The van der Waals surface area contributed by atoms with E-state index in [1.54, 1.807) is 0 Å². The number of allylic oxidation sites excluding steroid dienone is 1. The van der Waals surface area contributed by atoms with Gasteiger partial charge in [-0.05, 0) is 80.6 Å². The van der Waals surface area contributed by atoms with Crippen molar-refractivity contribution in [2.45, 2.75) is 64.2 Å². The van der Waals surface area contributed by atoms with Gasteiger partial charge in [0.1, 0.15) is 0 Å². The van der Waals surface area contributed by atoms with Gasteiger partial charge in [-0.2, -0.15) is 5.26 Å². The highest BCUT2D eigenvalue weighted by molar-refractivity contribution is 5.33. The maximum atomic E-state index is 8.87. The molecular weight excluding hydrogens is 282 g/mol. The van der Waals surface area contributed by atoms with Gasteiger partial charge in [0.05, 0.1) is 24.5 Å². The van der Waals surface area contributed by atoms with Gasteiger partial charge in [-0.3, -0.25) is 0 Å². The zero-order valence-corrected chi connectivity index (χ0v) is 14.3. The number of ether oxygens (including phenoxy) is 1. The van der Waals surface area contributed by atoms with E-state index in [2.05, 4.69) is 31.2 Å². The molecule has 0 atom stereocenters. The zero-order chi connectivity index (χ0) is 16.3. The molecule has 124 valence electrons. The molecule has 0 N–H and O–H groups in total. The minimum absolute atomic E-state index is 0.675. The largest absolute Gasteiger partial charge is 0.502 e. The quantitative estimate of drug-likeness (QED) is 0.439. The highest BCUT2D eigenvalue weighted by atomic mass is 16.5. The summed E-state index contributed by atoms with van der Waals surface area (Å²) in [5.41, 5.74) is 2.16. The van der Waals surface area contributed by atoms with Crippen LogP contribution < -0.4 is 0 Å². The predicted octanol–water partition coefficient (Wildman–Crippen LogP) is 5.94. The Labute approximate surface area is 141 Å². The molecule has 1 aromatic rings. The van der Waals surface area contributed by atoms with E-state index in [-0.39, 0.29) is 0 Å². The van der Waals surface area contributed by atoms with Gasteiger partial charge in [-0.15, -0.1) is 0 Å². The third kappa shape index (κ3) is 6.10. The van der Waals surface area contributed by atoms with Gasteiger partial charge in [0.15, 0.2) is 0 Å². The Morgan fingerprint density at radius 1 is 1.17 bits per heavy atom. The molecule has 0 unspecified atom stereocenters. The first-order valence-corrected chi connectivity index (χ1v) is 9.10. The van der Waals surface area contributed by atoms with Crippen LogP contribution in [0.4, 0.5) is 0 Å². The minimum atomic E-state index is 0.675. The second kappa shape index (κ2) is 10.1. The van der Waals surface area contributed by atoms with Gasteiger partial charge >= 0.3 is 0 Å². The van der Waals surface area contributed by atoms with Gasteiger partial charge in [0.25, 0.3) is 0 Å². The third-order valence-corrected chi connectivity index (χ3v) is 4.92. The lowest BCUT2D eigenvalue weighted by Gasteiger charge is -2.28. The van der Waals surface area contributed by atoms with Crippen molar-refractivity contribution in [3.8, 4) is 6.07 Å². The van der Waals surface area contributed by atoms with E-state index in [1.807, 2.05) is 18.4 Å². The first-order valence-electron chi connectivity index (χ1n) is 9.10. The normalized spacial score (nSPS) is 21.2. The minimum Gasteiger partial charge on any atom is -0.502 e. The van der Waals surface area contributed by atoms with Crippen LogP contribution >= 0.6 is 0 Å². The fraction of sp³-hybridized carbons (Fsp3) is 0.571. The summed E-state index contributed by atoms with van der Waals surface area (Å²) in [7, 11) is 0. The average Bonchev–Trinajstić information content (AvgIpc) is 2.61. The Hall–Kier alpha value is -1.75. The summed E-state index contributed by atoms with van der Waals surface area (Å²) in [6.45, 7) is 3.07. The van der Waals surface area contributed by atoms with E-state index in [1.165, 1.54) is 50.5 Å². The van der Waals surface area contributed by atoms with Crippen LogP contribution in [0.2, 0.25) is 0 Å². The number of unbranched alkanes of at least 4 members (excludes halogenated alkanes) is 2. The number of nitrogens with zero attached hydrogens (tertiary/aromatic N) is 1. The standard InChI is InChI=1S/C21H29NO/c1-2-3-4-5-15-23-16-14-18-6-10-20(11-7-18)21-12-8-19(17-22)9-13-21/h5,8-9,12-13,15,18,20H,2-4,6-7,10-11,14,16H2,1H3. The Morgan fingerprint density at radius 2 is 1.91 bits per heavy atom. The zero-order valence-electron chi connectivity index (χ0n) is 14.3. The van der Waals surface area contributed by atoms with E-state index >= 15 is 0 Å². The van der Waals surface area contributed by atoms with Crippen molar-refractivity contribution in [1.82, 2.24) is 0 Å². The summed E-state index contributed by atoms with van der Waals surface area (Å²) in [6, 6.07) is 10.3. The molecule has 0 bridgehead atoms. The highest BCUT2D eigenvalue weighted by Gasteiger charge is 2.22. The van der Waals surface area contributed by atoms with Crippen molar-refractivity contribution in [1.29, 1.82) is 5.26 Å². The second-order valence-corrected chi connectivity index (χ2v) is 6.62.